The molecule has 0 atom stereocenters. The molecular weight excluding hydrogens is 135 g/mol. The lowest BCUT2D eigenvalue weighted by molar-refractivity contribution is -0.113. The average Bonchev–Trinajstić information content (AvgIpc) is 1.65. The molecule has 0 heterocycles. The molecule has 0 spiro atoms. The SMILES string of the molecule is C=CC(=O)C(Cl)Cl. The fourth-order valence-electron chi connectivity index (χ4n) is 0.0891. The Kier molecular flexibility index (Phi) is 3.05. The van der Waals surface area contributed by atoms with Crippen molar-refractivity contribution in [2.24, 2.45) is 0 Å². The van der Waals surface area contributed by atoms with Crippen LogP contribution in [0.2, 0.25) is 0 Å². The van der Waals surface area contributed by atoms with Crippen molar-refractivity contribution in [3.8, 4) is 0 Å². The molecule has 0 radical (unpaired) electrons. The number of halogens is 2. The molecular formula is C4H4Cl2O. The smallest absolute Gasteiger partial charge is 0.187 e. The number of carbonyl (C=O) groups is 1. The molecule has 0 rings (SSSR count). The molecule has 0 saturated heterocycles. The molecule has 1 nitrogen and oxygen atoms in total. The van der Waals surface area contributed by atoms with E-state index in [0.717, 1.165) is 6.08 Å². The summed E-state index contributed by atoms with van der Waals surface area (Å²) < 4.78 is 0. The van der Waals surface area contributed by atoms with E-state index >= 15 is 0 Å². The Morgan fingerprint density at radius 2 is 2.14 bits per heavy atom. The minimum absolute atomic E-state index is 0.358. The van der Waals surface area contributed by atoms with Crippen LogP contribution >= 0.6 is 23.2 Å². The summed E-state index contributed by atoms with van der Waals surface area (Å²) >= 11 is 10.1. The summed E-state index contributed by atoms with van der Waals surface area (Å²) in [6, 6.07) is 0. The summed E-state index contributed by atoms with van der Waals surface area (Å²) in [5.41, 5.74) is 0. The third-order valence-corrected chi connectivity index (χ3v) is 0.846. The van der Waals surface area contributed by atoms with E-state index in [1.807, 2.05) is 0 Å². The molecule has 0 bridgehead atoms. The molecule has 0 saturated carbocycles. The van der Waals surface area contributed by atoms with Crippen LogP contribution in [-0.4, -0.2) is 10.6 Å². The van der Waals surface area contributed by atoms with Crippen molar-refractivity contribution in [2.45, 2.75) is 4.84 Å². The van der Waals surface area contributed by atoms with Crippen LogP contribution in [0.4, 0.5) is 0 Å². The Morgan fingerprint density at radius 3 is 2.14 bits per heavy atom. The van der Waals surface area contributed by atoms with E-state index in [2.05, 4.69) is 6.58 Å². The van der Waals surface area contributed by atoms with Gasteiger partial charge in [-0.15, -0.1) is 0 Å². The van der Waals surface area contributed by atoms with E-state index < -0.39 is 4.84 Å². The second kappa shape index (κ2) is 3.05. The van der Waals surface area contributed by atoms with Gasteiger partial charge in [0.05, 0.1) is 0 Å². The van der Waals surface area contributed by atoms with Gasteiger partial charge in [0.1, 0.15) is 0 Å². The van der Waals surface area contributed by atoms with Crippen LogP contribution in [0.15, 0.2) is 12.7 Å². The highest BCUT2D eigenvalue weighted by molar-refractivity contribution is 6.54. The van der Waals surface area contributed by atoms with Gasteiger partial charge in [0.2, 0.25) is 0 Å². The van der Waals surface area contributed by atoms with Crippen molar-refractivity contribution in [1.82, 2.24) is 0 Å². The molecule has 0 aromatic rings. The van der Waals surface area contributed by atoms with Crippen molar-refractivity contribution in [3.05, 3.63) is 12.7 Å². The Bertz CT molecular complexity index is 87.7. The number of allylic oxidation sites excluding steroid dienone is 1. The minimum Gasteiger partial charge on any atom is -0.292 e. The lowest BCUT2D eigenvalue weighted by Gasteiger charge is -1.87. The molecule has 0 unspecified atom stereocenters. The summed E-state index contributed by atoms with van der Waals surface area (Å²) in [6.07, 6.45) is 1.09. The van der Waals surface area contributed by atoms with E-state index in [4.69, 9.17) is 23.2 Å². The molecule has 0 aromatic heterocycles. The number of hydrogen-bond acceptors (Lipinski definition) is 1. The van der Waals surface area contributed by atoms with Crippen LogP contribution in [-0.2, 0) is 4.79 Å². The van der Waals surface area contributed by atoms with E-state index in [-0.39, 0.29) is 5.78 Å². The van der Waals surface area contributed by atoms with Crippen LogP contribution in [0.1, 0.15) is 0 Å². The zero-order valence-corrected chi connectivity index (χ0v) is 5.04. The molecule has 0 fully saturated rings. The zero-order valence-electron chi connectivity index (χ0n) is 3.53. The fourth-order valence-corrected chi connectivity index (χ4v) is 0.267. The first-order chi connectivity index (χ1) is 3.18. The number of ketones is 1. The normalized spacial score (nSPS) is 9.00. The third-order valence-electron chi connectivity index (χ3n) is 0.416. The topological polar surface area (TPSA) is 17.1 Å². The van der Waals surface area contributed by atoms with Gasteiger partial charge >= 0.3 is 0 Å². The number of alkyl halides is 2. The number of hydrogen-bond donors (Lipinski definition) is 0. The Balaban J connectivity index is 3.56. The van der Waals surface area contributed by atoms with Gasteiger partial charge in [-0.05, 0) is 6.08 Å². The third kappa shape index (κ3) is 2.66. The predicted octanol–water partition coefficient (Wildman–Crippen LogP) is 1.55. The average molecular weight is 139 g/mol. The first kappa shape index (κ1) is 6.99. The van der Waals surface area contributed by atoms with E-state index in [9.17, 15) is 4.79 Å². The Morgan fingerprint density at radius 1 is 1.71 bits per heavy atom. The molecule has 0 aromatic carbocycles. The summed E-state index contributed by atoms with van der Waals surface area (Å²) in [4.78, 5) is 9.18. The highest BCUT2D eigenvalue weighted by atomic mass is 35.5. The highest BCUT2D eigenvalue weighted by Gasteiger charge is 2.04. The molecule has 0 aliphatic rings. The Labute approximate surface area is 51.9 Å². The summed E-state index contributed by atoms with van der Waals surface area (Å²) in [7, 11) is 0. The molecule has 40 valence electrons. The molecule has 3 heteroatoms. The van der Waals surface area contributed by atoms with Gasteiger partial charge in [0.25, 0.3) is 0 Å². The van der Waals surface area contributed by atoms with Gasteiger partial charge in [0.15, 0.2) is 10.6 Å². The van der Waals surface area contributed by atoms with Crippen LogP contribution in [0.25, 0.3) is 0 Å². The van der Waals surface area contributed by atoms with Gasteiger partial charge in [-0.3, -0.25) is 4.79 Å². The van der Waals surface area contributed by atoms with Crippen molar-refractivity contribution in [3.63, 3.8) is 0 Å². The molecule has 0 aliphatic heterocycles. The maximum absolute atomic E-state index is 10.1. The maximum atomic E-state index is 10.1. The standard InChI is InChI=1S/C4H4Cl2O/c1-2-3(7)4(5)6/h2,4H,1H2. The molecule has 0 amide bonds. The molecule has 0 aliphatic carbocycles. The first-order valence-electron chi connectivity index (χ1n) is 1.63. The van der Waals surface area contributed by atoms with Crippen molar-refractivity contribution >= 4 is 29.0 Å². The highest BCUT2D eigenvalue weighted by Crippen LogP contribution is 2.01. The van der Waals surface area contributed by atoms with E-state index in [0.29, 0.717) is 0 Å². The second-order valence-electron chi connectivity index (χ2n) is 0.907. The van der Waals surface area contributed by atoms with Crippen LogP contribution in [0, 0.1) is 0 Å². The predicted molar refractivity (Wildman–Crippen MR) is 30.7 cm³/mol. The minimum atomic E-state index is -0.947. The van der Waals surface area contributed by atoms with Crippen LogP contribution < -0.4 is 0 Å². The second-order valence-corrected chi connectivity index (χ2v) is 2.00. The van der Waals surface area contributed by atoms with Crippen molar-refractivity contribution < 1.29 is 4.79 Å². The van der Waals surface area contributed by atoms with Crippen LogP contribution in [0.5, 0.6) is 0 Å². The van der Waals surface area contributed by atoms with E-state index in [1.165, 1.54) is 0 Å². The molecule has 7 heavy (non-hydrogen) atoms. The maximum Gasteiger partial charge on any atom is 0.187 e. The van der Waals surface area contributed by atoms with Crippen LogP contribution in [0.3, 0.4) is 0 Å². The lowest BCUT2D eigenvalue weighted by atomic mass is 10.4. The largest absolute Gasteiger partial charge is 0.292 e. The zero-order chi connectivity index (χ0) is 5.86. The molecule has 0 N–H and O–H groups in total. The van der Waals surface area contributed by atoms with Gasteiger partial charge < -0.3 is 0 Å². The fraction of sp³-hybridized carbons (Fsp3) is 0.250. The number of carbonyl (C=O) groups excluding carboxylic acids is 1. The van der Waals surface area contributed by atoms with Crippen molar-refractivity contribution in [1.29, 1.82) is 0 Å². The monoisotopic (exact) mass is 138 g/mol. The summed E-state index contributed by atoms with van der Waals surface area (Å²) in [6.45, 7) is 3.16. The lowest BCUT2D eigenvalue weighted by Crippen LogP contribution is -2.01. The first-order valence-corrected chi connectivity index (χ1v) is 2.50. The van der Waals surface area contributed by atoms with Gasteiger partial charge in [-0.1, -0.05) is 29.8 Å². The summed E-state index contributed by atoms with van der Waals surface area (Å²) in [5, 5.41) is 0. The Hall–Kier alpha value is -0.0100. The van der Waals surface area contributed by atoms with E-state index in [1.54, 1.807) is 0 Å². The van der Waals surface area contributed by atoms with Crippen molar-refractivity contribution in [2.75, 3.05) is 0 Å². The number of rotatable bonds is 2. The van der Waals surface area contributed by atoms with Gasteiger partial charge in [-0.2, -0.15) is 0 Å². The summed E-state index contributed by atoms with van der Waals surface area (Å²) in [5.74, 6) is -0.358. The van der Waals surface area contributed by atoms with Gasteiger partial charge in [0, 0.05) is 0 Å². The van der Waals surface area contributed by atoms with Gasteiger partial charge in [-0.25, -0.2) is 0 Å². The quantitative estimate of drug-likeness (QED) is 0.419.